The molecule has 0 radical (unpaired) electrons. The Morgan fingerprint density at radius 3 is 2.81 bits per heavy atom. The fourth-order valence-corrected chi connectivity index (χ4v) is 1.46. The maximum absolute atomic E-state index is 12.3. The molecule has 3 nitrogen and oxygen atoms in total. The van der Waals surface area contributed by atoms with Crippen molar-refractivity contribution in [2.45, 2.75) is 26.3 Å². The average Bonchev–Trinajstić information content (AvgIpc) is 2.57. The maximum Gasteiger partial charge on any atom is 0.258 e. The summed E-state index contributed by atoms with van der Waals surface area (Å²) in [7, 11) is 0. The molecular formula is C11H12F2N2O. The van der Waals surface area contributed by atoms with Crippen molar-refractivity contribution in [3.63, 3.8) is 0 Å². The lowest BCUT2D eigenvalue weighted by atomic mass is 10.2. The average molecular weight is 226 g/mol. The first kappa shape index (κ1) is 10.9. The van der Waals surface area contributed by atoms with E-state index in [-0.39, 0.29) is 0 Å². The van der Waals surface area contributed by atoms with Gasteiger partial charge < -0.3 is 9.73 Å². The van der Waals surface area contributed by atoms with Crippen molar-refractivity contribution in [1.82, 2.24) is 4.98 Å². The summed E-state index contributed by atoms with van der Waals surface area (Å²) in [5.41, 5.74) is 1.95. The second-order valence-electron chi connectivity index (χ2n) is 3.68. The van der Waals surface area contributed by atoms with Crippen molar-refractivity contribution in [2.75, 3.05) is 5.32 Å². The number of rotatable bonds is 3. The minimum absolute atomic E-state index is 0.564. The zero-order valence-electron chi connectivity index (χ0n) is 9.00. The maximum atomic E-state index is 12.3. The molecule has 0 saturated heterocycles. The van der Waals surface area contributed by atoms with Crippen molar-refractivity contribution in [2.24, 2.45) is 0 Å². The van der Waals surface area contributed by atoms with Gasteiger partial charge in [0.25, 0.3) is 6.43 Å². The molecule has 0 fully saturated rings. The van der Waals surface area contributed by atoms with E-state index < -0.39 is 12.5 Å². The van der Waals surface area contributed by atoms with Crippen LogP contribution in [0.25, 0.3) is 11.1 Å². The minimum atomic E-state index is -2.39. The first-order valence-electron chi connectivity index (χ1n) is 4.98. The van der Waals surface area contributed by atoms with Crippen LogP contribution in [0.15, 0.2) is 22.6 Å². The van der Waals surface area contributed by atoms with E-state index >= 15 is 0 Å². The molecule has 16 heavy (non-hydrogen) atoms. The molecule has 0 aliphatic heterocycles. The highest BCUT2D eigenvalue weighted by atomic mass is 19.3. The number of halogens is 2. The Morgan fingerprint density at radius 1 is 1.38 bits per heavy atom. The van der Waals surface area contributed by atoms with E-state index in [0.29, 0.717) is 22.7 Å². The fraction of sp³-hybridized carbons (Fsp3) is 0.364. The predicted molar refractivity (Wildman–Crippen MR) is 57.8 cm³/mol. The van der Waals surface area contributed by atoms with Crippen LogP contribution < -0.4 is 5.32 Å². The SMILES string of the molecule is Cc1nc2cc(NC(C)C(F)F)ccc2o1. The molecule has 2 rings (SSSR count). The Kier molecular flexibility index (Phi) is 2.77. The second-order valence-corrected chi connectivity index (χ2v) is 3.68. The number of oxazole rings is 1. The summed E-state index contributed by atoms with van der Waals surface area (Å²) in [5, 5.41) is 2.71. The lowest BCUT2D eigenvalue weighted by molar-refractivity contribution is 0.131. The van der Waals surface area contributed by atoms with Crippen molar-refractivity contribution in [3.05, 3.63) is 24.1 Å². The van der Waals surface area contributed by atoms with Crippen LogP contribution in [-0.2, 0) is 0 Å². The third kappa shape index (κ3) is 2.13. The van der Waals surface area contributed by atoms with E-state index in [1.54, 1.807) is 25.1 Å². The molecule has 2 aromatic rings. The first-order chi connectivity index (χ1) is 7.56. The summed E-state index contributed by atoms with van der Waals surface area (Å²) >= 11 is 0. The van der Waals surface area contributed by atoms with Crippen LogP contribution in [-0.4, -0.2) is 17.5 Å². The van der Waals surface area contributed by atoms with Gasteiger partial charge in [0.15, 0.2) is 11.5 Å². The van der Waals surface area contributed by atoms with Gasteiger partial charge in [-0.3, -0.25) is 0 Å². The number of hydrogen-bond donors (Lipinski definition) is 1. The summed E-state index contributed by atoms with van der Waals surface area (Å²) in [4.78, 5) is 4.13. The molecule has 1 heterocycles. The summed E-state index contributed by atoms with van der Waals surface area (Å²) in [5.74, 6) is 0.564. The number of aryl methyl sites for hydroxylation is 1. The van der Waals surface area contributed by atoms with Crippen molar-refractivity contribution < 1.29 is 13.2 Å². The third-order valence-corrected chi connectivity index (χ3v) is 2.27. The van der Waals surface area contributed by atoms with E-state index in [1.807, 2.05) is 0 Å². The standard InChI is InChI=1S/C11H12F2N2O/c1-6(11(12)13)14-8-3-4-10-9(5-8)15-7(2)16-10/h3-6,11,14H,1-2H3. The van der Waals surface area contributed by atoms with Crippen LogP contribution in [0.4, 0.5) is 14.5 Å². The summed E-state index contributed by atoms with van der Waals surface area (Å²) in [6.45, 7) is 3.18. The molecule has 0 aliphatic carbocycles. The zero-order chi connectivity index (χ0) is 11.7. The van der Waals surface area contributed by atoms with E-state index in [4.69, 9.17) is 4.42 Å². The van der Waals surface area contributed by atoms with Crippen LogP contribution >= 0.6 is 0 Å². The molecule has 1 unspecified atom stereocenters. The number of alkyl halides is 2. The highest BCUT2D eigenvalue weighted by Gasteiger charge is 2.14. The summed E-state index contributed by atoms with van der Waals surface area (Å²) in [6, 6.07) is 4.23. The van der Waals surface area contributed by atoms with Crippen molar-refractivity contribution >= 4 is 16.8 Å². The van der Waals surface area contributed by atoms with E-state index in [0.717, 1.165) is 0 Å². The number of hydrogen-bond acceptors (Lipinski definition) is 3. The van der Waals surface area contributed by atoms with Crippen LogP contribution in [0, 0.1) is 6.92 Å². The van der Waals surface area contributed by atoms with Gasteiger partial charge in [-0.1, -0.05) is 0 Å². The molecule has 5 heteroatoms. The minimum Gasteiger partial charge on any atom is -0.441 e. The predicted octanol–water partition coefficient (Wildman–Crippen LogP) is 3.20. The highest BCUT2D eigenvalue weighted by molar-refractivity contribution is 5.77. The van der Waals surface area contributed by atoms with Gasteiger partial charge in [-0.15, -0.1) is 0 Å². The van der Waals surface area contributed by atoms with Gasteiger partial charge in [0.05, 0.1) is 6.04 Å². The number of fused-ring (bicyclic) bond motifs is 1. The molecule has 1 atom stereocenters. The van der Waals surface area contributed by atoms with Gasteiger partial charge in [0, 0.05) is 12.6 Å². The molecule has 0 aliphatic rings. The van der Waals surface area contributed by atoms with Gasteiger partial charge in [-0.2, -0.15) is 0 Å². The molecule has 0 saturated carbocycles. The van der Waals surface area contributed by atoms with Crippen molar-refractivity contribution in [1.29, 1.82) is 0 Å². The zero-order valence-corrected chi connectivity index (χ0v) is 9.00. The molecular weight excluding hydrogens is 214 g/mol. The normalized spacial score (nSPS) is 13.3. The molecule has 0 amide bonds. The van der Waals surface area contributed by atoms with Crippen molar-refractivity contribution in [3.8, 4) is 0 Å². The largest absolute Gasteiger partial charge is 0.441 e. The molecule has 0 bridgehead atoms. The number of aromatic nitrogens is 1. The molecule has 86 valence electrons. The lowest BCUT2D eigenvalue weighted by Crippen LogP contribution is -2.23. The molecule has 0 spiro atoms. The monoisotopic (exact) mass is 226 g/mol. The van der Waals surface area contributed by atoms with E-state index in [9.17, 15) is 8.78 Å². The van der Waals surface area contributed by atoms with Gasteiger partial charge in [-0.25, -0.2) is 13.8 Å². The smallest absolute Gasteiger partial charge is 0.258 e. The Balaban J connectivity index is 2.25. The Bertz CT molecular complexity index is 496. The second kappa shape index (κ2) is 4.08. The Morgan fingerprint density at radius 2 is 2.12 bits per heavy atom. The van der Waals surface area contributed by atoms with E-state index in [1.165, 1.54) is 6.92 Å². The van der Waals surface area contributed by atoms with Gasteiger partial charge in [-0.05, 0) is 25.1 Å². The quantitative estimate of drug-likeness (QED) is 0.873. The van der Waals surface area contributed by atoms with E-state index in [2.05, 4.69) is 10.3 Å². The number of benzene rings is 1. The molecule has 1 N–H and O–H groups in total. The number of nitrogens with zero attached hydrogens (tertiary/aromatic N) is 1. The van der Waals surface area contributed by atoms with Crippen LogP contribution in [0.5, 0.6) is 0 Å². The Labute approximate surface area is 91.5 Å². The van der Waals surface area contributed by atoms with Crippen LogP contribution in [0.3, 0.4) is 0 Å². The Hall–Kier alpha value is -1.65. The fourth-order valence-electron chi connectivity index (χ4n) is 1.46. The lowest BCUT2D eigenvalue weighted by Gasteiger charge is -2.13. The molecule has 1 aromatic heterocycles. The first-order valence-corrected chi connectivity index (χ1v) is 4.98. The number of anilines is 1. The molecule has 1 aromatic carbocycles. The topological polar surface area (TPSA) is 38.1 Å². The van der Waals surface area contributed by atoms with Crippen LogP contribution in [0.2, 0.25) is 0 Å². The third-order valence-electron chi connectivity index (χ3n) is 2.27. The van der Waals surface area contributed by atoms with Gasteiger partial charge in [0.2, 0.25) is 0 Å². The van der Waals surface area contributed by atoms with Crippen LogP contribution in [0.1, 0.15) is 12.8 Å². The number of nitrogens with one attached hydrogen (secondary N) is 1. The summed E-state index contributed by atoms with van der Waals surface area (Å²) in [6.07, 6.45) is -2.39. The summed E-state index contributed by atoms with van der Waals surface area (Å²) < 4.78 is 30.0. The highest BCUT2D eigenvalue weighted by Crippen LogP contribution is 2.20. The van der Waals surface area contributed by atoms with Gasteiger partial charge >= 0.3 is 0 Å². The van der Waals surface area contributed by atoms with Gasteiger partial charge in [0.1, 0.15) is 5.52 Å².